The zero-order valence-electron chi connectivity index (χ0n) is 6.27. The summed E-state index contributed by atoms with van der Waals surface area (Å²) in [7, 11) is 0. The number of nitrogens with zero attached hydrogens (tertiary/aromatic N) is 1. The first-order valence-electron chi connectivity index (χ1n) is 3.30. The molecule has 2 nitrogen and oxygen atoms in total. The van der Waals surface area contributed by atoms with Gasteiger partial charge in [-0.05, 0) is 13.8 Å². The van der Waals surface area contributed by atoms with E-state index in [1.165, 1.54) is 0 Å². The number of rotatable bonds is 0. The van der Waals surface area contributed by atoms with Crippen LogP contribution in [0.1, 0.15) is 27.2 Å². The summed E-state index contributed by atoms with van der Waals surface area (Å²) in [5.41, 5.74) is 0.0197. The van der Waals surface area contributed by atoms with Crippen LogP contribution in [-0.4, -0.2) is 18.0 Å². The Bertz CT molecular complexity index is 138. The predicted octanol–water partition coefficient (Wildman–Crippen LogP) is 1.60. The lowest BCUT2D eigenvalue weighted by atomic mass is 10.0. The van der Waals surface area contributed by atoms with E-state index in [0.29, 0.717) is 0 Å². The van der Waals surface area contributed by atoms with Crippen molar-refractivity contribution >= 4 is 5.90 Å². The summed E-state index contributed by atoms with van der Waals surface area (Å²) in [6, 6.07) is 0. The van der Waals surface area contributed by atoms with E-state index < -0.39 is 0 Å². The first-order valence-corrected chi connectivity index (χ1v) is 3.30. The third-order valence-electron chi connectivity index (χ3n) is 1.47. The normalized spacial score (nSPS) is 24.6. The van der Waals surface area contributed by atoms with Crippen LogP contribution in [-0.2, 0) is 4.74 Å². The van der Waals surface area contributed by atoms with Crippen LogP contribution in [0.15, 0.2) is 4.99 Å². The molecular formula is C7H13NO. The summed E-state index contributed by atoms with van der Waals surface area (Å²) in [6.45, 7) is 7.00. The zero-order chi connectivity index (χ0) is 6.91. The van der Waals surface area contributed by atoms with E-state index in [9.17, 15) is 0 Å². The number of ether oxygens (including phenoxy) is 1. The van der Waals surface area contributed by atoms with Gasteiger partial charge in [-0.25, -0.2) is 0 Å². The van der Waals surface area contributed by atoms with Gasteiger partial charge < -0.3 is 4.74 Å². The fourth-order valence-electron chi connectivity index (χ4n) is 0.966. The summed E-state index contributed by atoms with van der Waals surface area (Å²) in [6.07, 6.45) is 1.03. The zero-order valence-corrected chi connectivity index (χ0v) is 6.27. The van der Waals surface area contributed by atoms with Crippen molar-refractivity contribution in [2.45, 2.75) is 32.8 Å². The monoisotopic (exact) mass is 127 g/mol. The van der Waals surface area contributed by atoms with E-state index in [2.05, 4.69) is 18.8 Å². The highest BCUT2D eigenvalue weighted by molar-refractivity contribution is 5.74. The third-order valence-corrected chi connectivity index (χ3v) is 1.47. The Morgan fingerprint density at radius 1 is 1.56 bits per heavy atom. The Morgan fingerprint density at radius 3 is 2.56 bits per heavy atom. The molecule has 1 heterocycles. The van der Waals surface area contributed by atoms with Crippen LogP contribution in [0.2, 0.25) is 0 Å². The molecule has 0 aliphatic carbocycles. The predicted molar refractivity (Wildman–Crippen MR) is 37.8 cm³/mol. The minimum atomic E-state index is 0.0197. The van der Waals surface area contributed by atoms with Crippen molar-refractivity contribution in [3.05, 3.63) is 0 Å². The van der Waals surface area contributed by atoms with Gasteiger partial charge in [-0.1, -0.05) is 0 Å². The summed E-state index contributed by atoms with van der Waals surface area (Å²) in [4.78, 5) is 4.12. The standard InChI is InChI=1S/C7H13NO/c1-6-8-5-4-7(2,3)9-6/h4-5H2,1-3H3. The second-order valence-electron chi connectivity index (χ2n) is 3.01. The van der Waals surface area contributed by atoms with E-state index >= 15 is 0 Å². The van der Waals surface area contributed by atoms with Crippen LogP contribution in [0, 0.1) is 0 Å². The molecule has 0 spiro atoms. The molecule has 1 aliphatic heterocycles. The molecule has 0 fully saturated rings. The Balaban J connectivity index is 2.59. The lowest BCUT2D eigenvalue weighted by Gasteiger charge is -2.28. The molecule has 0 unspecified atom stereocenters. The molecule has 1 rings (SSSR count). The molecule has 0 atom stereocenters. The minimum absolute atomic E-state index is 0.0197. The maximum Gasteiger partial charge on any atom is 0.180 e. The van der Waals surface area contributed by atoms with Crippen molar-refractivity contribution in [1.82, 2.24) is 0 Å². The number of hydrogen-bond acceptors (Lipinski definition) is 2. The topological polar surface area (TPSA) is 21.6 Å². The molecule has 1 aliphatic rings. The Kier molecular flexibility index (Phi) is 1.47. The van der Waals surface area contributed by atoms with Gasteiger partial charge in [-0.2, -0.15) is 0 Å². The summed E-state index contributed by atoms with van der Waals surface area (Å²) in [5.74, 6) is 0.825. The maximum atomic E-state index is 5.42. The molecule has 0 bridgehead atoms. The molecule has 52 valence electrons. The molecule has 0 N–H and O–H groups in total. The van der Waals surface area contributed by atoms with Gasteiger partial charge in [-0.15, -0.1) is 0 Å². The average molecular weight is 127 g/mol. The van der Waals surface area contributed by atoms with Crippen molar-refractivity contribution < 1.29 is 4.74 Å². The van der Waals surface area contributed by atoms with Gasteiger partial charge in [0.2, 0.25) is 0 Å². The molecule has 0 saturated heterocycles. The van der Waals surface area contributed by atoms with Crippen LogP contribution < -0.4 is 0 Å². The number of hydrogen-bond donors (Lipinski definition) is 0. The van der Waals surface area contributed by atoms with Gasteiger partial charge in [0.05, 0.1) is 0 Å². The summed E-state index contributed by atoms with van der Waals surface area (Å²) in [5, 5.41) is 0. The molecule has 0 radical (unpaired) electrons. The molecule has 0 aromatic heterocycles. The Hall–Kier alpha value is -0.530. The molecule has 9 heavy (non-hydrogen) atoms. The average Bonchev–Trinajstić information content (AvgIpc) is 1.60. The second-order valence-corrected chi connectivity index (χ2v) is 3.01. The Morgan fingerprint density at radius 2 is 2.22 bits per heavy atom. The second kappa shape index (κ2) is 2.01. The highest BCUT2D eigenvalue weighted by Gasteiger charge is 2.22. The van der Waals surface area contributed by atoms with Crippen LogP contribution >= 0.6 is 0 Å². The van der Waals surface area contributed by atoms with Crippen LogP contribution in [0.25, 0.3) is 0 Å². The van der Waals surface area contributed by atoms with Crippen molar-refractivity contribution in [2.75, 3.05) is 6.54 Å². The SMILES string of the molecule is CC1=NCCC(C)(C)O1. The lowest BCUT2D eigenvalue weighted by molar-refractivity contribution is 0.0754. The largest absolute Gasteiger partial charge is 0.475 e. The number of aliphatic imine (C=N–C) groups is 1. The van der Waals surface area contributed by atoms with Crippen molar-refractivity contribution in [3.63, 3.8) is 0 Å². The quantitative estimate of drug-likeness (QED) is 0.484. The smallest absolute Gasteiger partial charge is 0.180 e. The van der Waals surface area contributed by atoms with Crippen molar-refractivity contribution in [3.8, 4) is 0 Å². The highest BCUT2D eigenvalue weighted by Crippen LogP contribution is 2.18. The van der Waals surface area contributed by atoms with Gasteiger partial charge in [0.25, 0.3) is 0 Å². The third kappa shape index (κ3) is 1.70. The fourth-order valence-corrected chi connectivity index (χ4v) is 0.966. The molecule has 0 aromatic carbocycles. The molecule has 2 heteroatoms. The van der Waals surface area contributed by atoms with Gasteiger partial charge in [0, 0.05) is 19.9 Å². The Labute approximate surface area is 55.9 Å². The van der Waals surface area contributed by atoms with E-state index in [4.69, 9.17) is 4.74 Å². The van der Waals surface area contributed by atoms with E-state index in [-0.39, 0.29) is 5.60 Å². The molecular weight excluding hydrogens is 114 g/mol. The van der Waals surface area contributed by atoms with Crippen molar-refractivity contribution in [1.29, 1.82) is 0 Å². The van der Waals surface area contributed by atoms with Gasteiger partial charge in [0.1, 0.15) is 5.60 Å². The fraction of sp³-hybridized carbons (Fsp3) is 0.857. The minimum Gasteiger partial charge on any atom is -0.475 e. The van der Waals surface area contributed by atoms with Gasteiger partial charge in [0.15, 0.2) is 5.90 Å². The molecule has 0 amide bonds. The van der Waals surface area contributed by atoms with Gasteiger partial charge >= 0.3 is 0 Å². The highest BCUT2D eigenvalue weighted by atomic mass is 16.5. The maximum absolute atomic E-state index is 5.42. The first-order chi connectivity index (χ1) is 4.10. The van der Waals surface area contributed by atoms with Crippen LogP contribution in [0.5, 0.6) is 0 Å². The van der Waals surface area contributed by atoms with Gasteiger partial charge in [-0.3, -0.25) is 4.99 Å². The van der Waals surface area contributed by atoms with E-state index in [0.717, 1.165) is 18.9 Å². The molecule has 0 aromatic rings. The van der Waals surface area contributed by atoms with E-state index in [1.54, 1.807) is 0 Å². The summed E-state index contributed by atoms with van der Waals surface area (Å²) >= 11 is 0. The van der Waals surface area contributed by atoms with Crippen LogP contribution in [0.4, 0.5) is 0 Å². The molecule has 0 saturated carbocycles. The lowest BCUT2D eigenvalue weighted by Crippen LogP contribution is -2.31. The first kappa shape index (κ1) is 6.59. The van der Waals surface area contributed by atoms with Crippen molar-refractivity contribution in [2.24, 2.45) is 4.99 Å². The van der Waals surface area contributed by atoms with Crippen LogP contribution in [0.3, 0.4) is 0 Å². The summed E-state index contributed by atoms with van der Waals surface area (Å²) < 4.78 is 5.42. The van der Waals surface area contributed by atoms with E-state index in [1.807, 2.05) is 6.92 Å².